The molecule has 2 heterocycles. The van der Waals surface area contributed by atoms with Crippen LogP contribution in [0, 0.1) is 4.78 Å². The summed E-state index contributed by atoms with van der Waals surface area (Å²) in [6, 6.07) is 1.43. The number of hydrogen-bond acceptors (Lipinski definition) is 8. The zero-order valence-corrected chi connectivity index (χ0v) is 22.2. The Morgan fingerprint density at radius 2 is 1.89 bits per heavy atom. The van der Waals surface area contributed by atoms with Crippen LogP contribution >= 0.6 is 11.8 Å². The number of benzene rings is 1. The van der Waals surface area contributed by atoms with E-state index in [0.717, 1.165) is 22.9 Å². The lowest BCUT2D eigenvalue weighted by molar-refractivity contribution is -0.287. The standard InChI is InChI=1S/C22H29F2N3O7S2/c1-10(2)12-7-14-18(34-22(23,24)33-14)17(11(3)4)13(12)8-15(28)27-9-16(35-19(27)21(5,6)31)36(25,32)26-20(29)30/h7,9-11,19,31H,8H2,1-6H3,(H,29,30)(H2,25,26,32)/t19-,36?/m1/s1. The van der Waals surface area contributed by atoms with E-state index in [1.165, 1.54) is 19.9 Å². The molecule has 4 N–H and O–H groups in total. The Bertz CT molecular complexity index is 1220. The maximum Gasteiger partial charge on any atom is 0.586 e. The second kappa shape index (κ2) is 9.38. The molecule has 1 unspecified atom stereocenters. The van der Waals surface area contributed by atoms with Gasteiger partial charge in [-0.25, -0.2) is 18.5 Å². The largest absolute Gasteiger partial charge is 0.586 e. The Kier molecular flexibility index (Phi) is 7.29. The summed E-state index contributed by atoms with van der Waals surface area (Å²) in [7, 11) is -4.01. The van der Waals surface area contributed by atoms with Crippen LogP contribution in [-0.4, -0.2) is 48.6 Å². The smallest absolute Gasteiger partial charge is 0.464 e. The lowest BCUT2D eigenvalue weighted by atomic mass is 9.85. The highest BCUT2D eigenvalue weighted by Gasteiger charge is 2.47. The summed E-state index contributed by atoms with van der Waals surface area (Å²) in [4.78, 5) is 25.7. The first-order chi connectivity index (χ1) is 16.3. The maximum absolute atomic E-state index is 13.9. The number of halogens is 2. The summed E-state index contributed by atoms with van der Waals surface area (Å²) in [5, 5.41) is 18.6. The number of fused-ring (bicyclic) bond motifs is 1. The Balaban J connectivity index is 2.09. The van der Waals surface area contributed by atoms with Crippen molar-refractivity contribution in [2.75, 3.05) is 0 Å². The molecule has 0 fully saturated rings. The molecule has 0 aromatic heterocycles. The number of nitrogens with zero attached hydrogens (tertiary/aromatic N) is 1. The van der Waals surface area contributed by atoms with Gasteiger partial charge in [0, 0.05) is 11.8 Å². The predicted octanol–water partition coefficient (Wildman–Crippen LogP) is 4.50. The van der Waals surface area contributed by atoms with E-state index >= 15 is 0 Å². The van der Waals surface area contributed by atoms with Crippen molar-refractivity contribution in [1.29, 1.82) is 4.78 Å². The number of amides is 2. The van der Waals surface area contributed by atoms with Crippen molar-refractivity contribution in [3.63, 3.8) is 0 Å². The molecule has 0 bridgehead atoms. The molecule has 0 spiro atoms. The Morgan fingerprint density at radius 3 is 2.39 bits per heavy atom. The van der Waals surface area contributed by atoms with Gasteiger partial charge < -0.3 is 24.6 Å². The van der Waals surface area contributed by atoms with Gasteiger partial charge in [0.05, 0.1) is 12.0 Å². The van der Waals surface area contributed by atoms with Crippen molar-refractivity contribution in [2.24, 2.45) is 0 Å². The van der Waals surface area contributed by atoms with Crippen molar-refractivity contribution in [3.05, 3.63) is 33.2 Å². The number of aliphatic hydroxyl groups is 1. The minimum absolute atomic E-state index is 0.120. The molecule has 10 nitrogen and oxygen atoms in total. The second-order valence-electron chi connectivity index (χ2n) is 9.68. The Morgan fingerprint density at radius 1 is 1.28 bits per heavy atom. The number of alkyl halides is 2. The average molecular weight is 550 g/mol. The third-order valence-corrected chi connectivity index (χ3v) is 9.03. The van der Waals surface area contributed by atoms with Crippen molar-refractivity contribution >= 4 is 33.7 Å². The molecular weight excluding hydrogens is 520 g/mol. The molecule has 2 aliphatic heterocycles. The third-order valence-electron chi connectivity index (χ3n) is 5.54. The van der Waals surface area contributed by atoms with E-state index in [4.69, 9.17) is 14.6 Å². The van der Waals surface area contributed by atoms with Crippen molar-refractivity contribution in [1.82, 2.24) is 9.62 Å². The summed E-state index contributed by atoms with van der Waals surface area (Å²) in [6.07, 6.45) is -4.72. The van der Waals surface area contributed by atoms with E-state index in [1.807, 2.05) is 13.8 Å². The molecule has 2 amide bonds. The fourth-order valence-electron chi connectivity index (χ4n) is 4.11. The number of hydrogen-bond donors (Lipinski definition) is 4. The first-order valence-electron chi connectivity index (χ1n) is 11.0. The quantitative estimate of drug-likeness (QED) is 0.388. The molecule has 3 rings (SSSR count). The molecule has 0 saturated carbocycles. The van der Waals surface area contributed by atoms with Crippen LogP contribution in [0.3, 0.4) is 0 Å². The monoisotopic (exact) mass is 549 g/mol. The first-order valence-corrected chi connectivity index (χ1v) is 13.4. The molecule has 0 saturated heterocycles. The van der Waals surface area contributed by atoms with Crippen LogP contribution in [0.15, 0.2) is 16.5 Å². The molecule has 14 heteroatoms. The molecule has 1 aromatic carbocycles. The zero-order chi connectivity index (χ0) is 27.4. The van der Waals surface area contributed by atoms with Gasteiger partial charge in [0.1, 0.15) is 9.61 Å². The van der Waals surface area contributed by atoms with E-state index in [9.17, 15) is 27.7 Å². The predicted molar refractivity (Wildman–Crippen MR) is 129 cm³/mol. The summed E-state index contributed by atoms with van der Waals surface area (Å²) in [6.45, 7) is 10.0. The van der Waals surface area contributed by atoms with E-state index in [2.05, 4.69) is 4.74 Å². The Labute approximate surface area is 212 Å². The number of rotatable bonds is 7. The van der Waals surface area contributed by atoms with E-state index < -0.39 is 39.2 Å². The SMILES string of the molecule is CC(C)c1cc2c(c(C(C)C)c1CC(=O)N1C=C(S(=N)(=O)NC(=O)O)S[C@@H]1C(C)(C)O)OC(F)(F)O2. The summed E-state index contributed by atoms with van der Waals surface area (Å²) < 4.78 is 59.3. The van der Waals surface area contributed by atoms with Gasteiger partial charge in [0.15, 0.2) is 21.4 Å². The maximum atomic E-state index is 13.9. The first kappa shape index (κ1) is 28.0. The van der Waals surface area contributed by atoms with Gasteiger partial charge in [0.2, 0.25) is 5.91 Å². The number of carbonyl (C=O) groups is 2. The van der Waals surface area contributed by atoms with Crippen LogP contribution < -0.4 is 14.2 Å². The highest BCUT2D eigenvalue weighted by atomic mass is 32.3. The molecule has 0 radical (unpaired) electrons. The molecular formula is C22H29F2N3O7S2. The molecule has 1 aromatic rings. The van der Waals surface area contributed by atoms with Crippen LogP contribution in [0.5, 0.6) is 11.5 Å². The minimum atomic E-state index is -4.01. The van der Waals surface area contributed by atoms with Gasteiger partial charge in [-0.2, -0.15) is 0 Å². The fraction of sp³-hybridized carbons (Fsp3) is 0.545. The number of thioether (sulfide) groups is 1. The van der Waals surface area contributed by atoms with E-state index in [-0.39, 0.29) is 34.0 Å². The van der Waals surface area contributed by atoms with Crippen molar-refractivity contribution in [3.8, 4) is 11.5 Å². The molecule has 0 aliphatic carbocycles. The molecule has 2 atom stereocenters. The minimum Gasteiger partial charge on any atom is -0.464 e. The van der Waals surface area contributed by atoms with Crippen LogP contribution in [0.2, 0.25) is 0 Å². The van der Waals surface area contributed by atoms with Gasteiger partial charge in [-0.15, -0.1) is 8.78 Å². The van der Waals surface area contributed by atoms with Gasteiger partial charge >= 0.3 is 12.4 Å². The van der Waals surface area contributed by atoms with Crippen LogP contribution in [0.25, 0.3) is 0 Å². The van der Waals surface area contributed by atoms with Crippen LogP contribution in [0.1, 0.15) is 70.1 Å². The number of nitrogens with one attached hydrogen (secondary N) is 2. The molecule has 200 valence electrons. The van der Waals surface area contributed by atoms with Gasteiger partial charge in [-0.3, -0.25) is 4.79 Å². The third kappa shape index (κ3) is 5.54. The number of carbonyl (C=O) groups excluding carboxylic acids is 1. The van der Waals surface area contributed by atoms with Gasteiger partial charge in [-0.1, -0.05) is 39.5 Å². The topological polar surface area (TPSA) is 149 Å². The van der Waals surface area contributed by atoms with Crippen molar-refractivity contribution in [2.45, 2.75) is 77.1 Å². The Hall–Kier alpha value is -2.58. The normalized spacial score (nSPS) is 20.5. The van der Waals surface area contributed by atoms with E-state index in [0.29, 0.717) is 16.7 Å². The highest BCUT2D eigenvalue weighted by molar-refractivity contribution is 8.19. The van der Waals surface area contributed by atoms with Gasteiger partial charge in [0.25, 0.3) is 0 Å². The van der Waals surface area contributed by atoms with Gasteiger partial charge in [-0.05, 0) is 42.9 Å². The van der Waals surface area contributed by atoms with E-state index in [1.54, 1.807) is 18.6 Å². The molecule has 36 heavy (non-hydrogen) atoms. The summed E-state index contributed by atoms with van der Waals surface area (Å²) in [5.41, 5.74) is -0.0911. The summed E-state index contributed by atoms with van der Waals surface area (Å²) in [5.74, 6) is -1.35. The molecule has 2 aliphatic rings. The van der Waals surface area contributed by atoms with Crippen LogP contribution in [-0.2, 0) is 21.1 Å². The average Bonchev–Trinajstić information content (AvgIpc) is 3.26. The fourth-order valence-corrected chi connectivity index (χ4v) is 6.64. The number of carboxylic acid groups (broad SMARTS) is 1. The highest BCUT2D eigenvalue weighted by Crippen LogP contribution is 2.50. The van der Waals surface area contributed by atoms with Crippen molar-refractivity contribution < 1.29 is 42.3 Å². The lowest BCUT2D eigenvalue weighted by Crippen LogP contribution is -2.46. The summed E-state index contributed by atoms with van der Waals surface area (Å²) >= 11 is 0.738. The lowest BCUT2D eigenvalue weighted by Gasteiger charge is -2.33. The second-order valence-corrected chi connectivity index (χ2v) is 12.8. The van der Waals surface area contributed by atoms with Crippen LogP contribution in [0.4, 0.5) is 13.6 Å². The zero-order valence-electron chi connectivity index (χ0n) is 20.5. The number of ether oxygens (including phenoxy) is 2.